The van der Waals surface area contributed by atoms with E-state index in [0.29, 0.717) is 12.8 Å². The van der Waals surface area contributed by atoms with Gasteiger partial charge in [-0.3, -0.25) is 4.79 Å². The number of carboxylic acid groups (broad SMARTS) is 1. The minimum Gasteiger partial charge on any atom is -0.481 e. The number of carboxylic acids is 1. The molecule has 1 atom stereocenters. The molecule has 1 fully saturated rings. The second kappa shape index (κ2) is 3.56. The molecule has 0 aromatic heterocycles. The van der Waals surface area contributed by atoms with Crippen LogP contribution in [0.4, 0.5) is 4.39 Å². The number of hydrogen-bond acceptors (Lipinski definition) is 1. The lowest BCUT2D eigenvalue weighted by Gasteiger charge is -2.50. The highest BCUT2D eigenvalue weighted by Crippen LogP contribution is 2.54. The van der Waals surface area contributed by atoms with Gasteiger partial charge in [-0.15, -0.1) is 0 Å². The zero-order valence-corrected chi connectivity index (χ0v) is 9.58. The number of aliphatic carboxylic acids is 1. The van der Waals surface area contributed by atoms with Crippen molar-refractivity contribution < 1.29 is 14.3 Å². The molecule has 1 aromatic rings. The number of rotatable bonds is 1. The fourth-order valence-electron chi connectivity index (χ4n) is 3.57. The van der Waals surface area contributed by atoms with Crippen molar-refractivity contribution in [1.29, 1.82) is 0 Å². The van der Waals surface area contributed by atoms with Gasteiger partial charge >= 0.3 is 5.97 Å². The molecule has 1 unspecified atom stereocenters. The van der Waals surface area contributed by atoms with Gasteiger partial charge in [0.1, 0.15) is 5.82 Å². The van der Waals surface area contributed by atoms with Crippen molar-refractivity contribution in [2.75, 3.05) is 0 Å². The topological polar surface area (TPSA) is 37.3 Å². The first-order chi connectivity index (χ1) is 8.15. The highest BCUT2D eigenvalue weighted by Gasteiger charge is 2.51. The Balaban J connectivity index is 2.14. The third-order valence-electron chi connectivity index (χ3n) is 4.55. The fraction of sp³-hybridized carbons (Fsp3) is 0.500. The Kier molecular flexibility index (Phi) is 2.25. The van der Waals surface area contributed by atoms with Crippen LogP contribution in [-0.4, -0.2) is 11.1 Å². The van der Waals surface area contributed by atoms with Gasteiger partial charge in [-0.2, -0.15) is 0 Å². The summed E-state index contributed by atoms with van der Waals surface area (Å²) < 4.78 is 13.8. The van der Waals surface area contributed by atoms with E-state index in [9.17, 15) is 14.3 Å². The van der Waals surface area contributed by atoms with E-state index in [4.69, 9.17) is 0 Å². The van der Waals surface area contributed by atoms with Crippen molar-refractivity contribution in [2.24, 2.45) is 5.92 Å². The SMILES string of the molecule is O=C(O)C1CCc2c(F)cccc2C12CCC2. The Morgan fingerprint density at radius 2 is 2.18 bits per heavy atom. The molecule has 0 heterocycles. The lowest BCUT2D eigenvalue weighted by molar-refractivity contribution is -0.147. The van der Waals surface area contributed by atoms with Crippen LogP contribution in [-0.2, 0) is 16.6 Å². The van der Waals surface area contributed by atoms with E-state index in [1.54, 1.807) is 6.07 Å². The molecule has 2 aliphatic rings. The summed E-state index contributed by atoms with van der Waals surface area (Å²) in [5.74, 6) is -1.22. The third-order valence-corrected chi connectivity index (χ3v) is 4.55. The van der Waals surface area contributed by atoms with Crippen molar-refractivity contribution in [3.8, 4) is 0 Å². The second-order valence-corrected chi connectivity index (χ2v) is 5.21. The van der Waals surface area contributed by atoms with Crippen LogP contribution in [0.25, 0.3) is 0 Å². The van der Waals surface area contributed by atoms with Gasteiger partial charge in [0, 0.05) is 5.41 Å². The fourth-order valence-corrected chi connectivity index (χ4v) is 3.57. The molecule has 1 spiro atoms. The predicted molar refractivity (Wildman–Crippen MR) is 61.4 cm³/mol. The predicted octanol–water partition coefficient (Wildman–Crippen LogP) is 2.89. The molecule has 1 saturated carbocycles. The summed E-state index contributed by atoms with van der Waals surface area (Å²) in [5.41, 5.74) is 1.44. The van der Waals surface area contributed by atoms with Crippen LogP contribution in [0.2, 0.25) is 0 Å². The average Bonchev–Trinajstić information content (AvgIpc) is 2.25. The summed E-state index contributed by atoms with van der Waals surface area (Å²) in [7, 11) is 0. The zero-order valence-electron chi connectivity index (χ0n) is 9.58. The highest BCUT2D eigenvalue weighted by molar-refractivity contribution is 5.74. The zero-order chi connectivity index (χ0) is 12.0. The molecule has 90 valence electrons. The van der Waals surface area contributed by atoms with E-state index >= 15 is 0 Å². The Labute approximate surface area is 99.5 Å². The summed E-state index contributed by atoms with van der Waals surface area (Å²) in [5, 5.41) is 9.34. The molecule has 2 nitrogen and oxygen atoms in total. The van der Waals surface area contributed by atoms with Crippen LogP contribution in [0, 0.1) is 11.7 Å². The van der Waals surface area contributed by atoms with Gasteiger partial charge in [-0.1, -0.05) is 18.6 Å². The third kappa shape index (κ3) is 1.34. The standard InChI is InChI=1S/C14H15FO2/c15-12-4-1-3-10-9(12)5-6-11(13(16)17)14(10)7-2-8-14/h1,3-4,11H,2,5-8H2,(H,16,17). The van der Waals surface area contributed by atoms with Gasteiger partial charge in [0.25, 0.3) is 0 Å². The molecule has 0 amide bonds. The van der Waals surface area contributed by atoms with E-state index in [2.05, 4.69) is 0 Å². The first-order valence-electron chi connectivity index (χ1n) is 6.16. The second-order valence-electron chi connectivity index (χ2n) is 5.21. The molecule has 0 bridgehead atoms. The molecule has 0 saturated heterocycles. The van der Waals surface area contributed by atoms with Crippen molar-refractivity contribution in [2.45, 2.75) is 37.5 Å². The number of carbonyl (C=O) groups is 1. The quantitative estimate of drug-likeness (QED) is 0.811. The van der Waals surface area contributed by atoms with Crippen molar-refractivity contribution in [3.63, 3.8) is 0 Å². The van der Waals surface area contributed by atoms with Crippen LogP contribution in [0.3, 0.4) is 0 Å². The Bertz CT molecular complexity index is 477. The van der Waals surface area contributed by atoms with Crippen molar-refractivity contribution in [1.82, 2.24) is 0 Å². The molecule has 3 rings (SSSR count). The van der Waals surface area contributed by atoms with E-state index in [1.165, 1.54) is 6.07 Å². The molecule has 17 heavy (non-hydrogen) atoms. The molecule has 2 aliphatic carbocycles. The van der Waals surface area contributed by atoms with Crippen LogP contribution in [0.1, 0.15) is 36.8 Å². The van der Waals surface area contributed by atoms with Gasteiger partial charge in [0.05, 0.1) is 5.92 Å². The lowest BCUT2D eigenvalue weighted by atomic mass is 9.53. The monoisotopic (exact) mass is 234 g/mol. The van der Waals surface area contributed by atoms with Crippen LogP contribution in [0.15, 0.2) is 18.2 Å². The summed E-state index contributed by atoms with van der Waals surface area (Å²) in [6, 6.07) is 5.11. The van der Waals surface area contributed by atoms with E-state index < -0.39 is 5.97 Å². The normalized spacial score (nSPS) is 25.1. The maximum absolute atomic E-state index is 13.8. The highest BCUT2D eigenvalue weighted by atomic mass is 19.1. The Hall–Kier alpha value is -1.38. The summed E-state index contributed by atoms with van der Waals surface area (Å²) in [6.07, 6.45) is 3.96. The molecule has 1 aromatic carbocycles. The first-order valence-corrected chi connectivity index (χ1v) is 6.16. The lowest BCUT2D eigenvalue weighted by Crippen LogP contribution is -2.48. The summed E-state index contributed by atoms with van der Waals surface area (Å²) in [4.78, 5) is 11.4. The molecule has 0 radical (unpaired) electrons. The average molecular weight is 234 g/mol. The van der Waals surface area contributed by atoms with Gasteiger partial charge < -0.3 is 5.11 Å². The van der Waals surface area contributed by atoms with Crippen molar-refractivity contribution in [3.05, 3.63) is 35.1 Å². The minimum absolute atomic E-state index is 0.169. The Morgan fingerprint density at radius 1 is 1.41 bits per heavy atom. The minimum atomic E-state index is -0.723. The van der Waals surface area contributed by atoms with Crippen molar-refractivity contribution >= 4 is 5.97 Å². The van der Waals surface area contributed by atoms with Gasteiger partial charge in [0.15, 0.2) is 0 Å². The number of fused-ring (bicyclic) bond motifs is 2. The van der Waals surface area contributed by atoms with Crippen LogP contribution < -0.4 is 0 Å². The Morgan fingerprint density at radius 3 is 2.76 bits per heavy atom. The first kappa shape index (κ1) is 10.8. The van der Waals surface area contributed by atoms with Crippen LogP contribution in [0.5, 0.6) is 0 Å². The molecule has 0 aliphatic heterocycles. The molecule has 3 heteroatoms. The number of halogens is 1. The van der Waals surface area contributed by atoms with E-state index in [0.717, 1.165) is 30.4 Å². The molecular weight excluding hydrogens is 219 g/mol. The molecular formula is C14H15FO2. The summed E-state index contributed by atoms with van der Waals surface area (Å²) >= 11 is 0. The molecule has 1 N–H and O–H groups in total. The van der Waals surface area contributed by atoms with Gasteiger partial charge in [-0.25, -0.2) is 4.39 Å². The maximum atomic E-state index is 13.8. The number of hydrogen-bond donors (Lipinski definition) is 1. The number of benzene rings is 1. The maximum Gasteiger partial charge on any atom is 0.307 e. The summed E-state index contributed by atoms with van der Waals surface area (Å²) in [6.45, 7) is 0. The largest absolute Gasteiger partial charge is 0.481 e. The smallest absolute Gasteiger partial charge is 0.307 e. The van der Waals surface area contributed by atoms with Crippen LogP contribution >= 0.6 is 0 Å². The van der Waals surface area contributed by atoms with Gasteiger partial charge in [-0.05, 0) is 42.9 Å². The van der Waals surface area contributed by atoms with Gasteiger partial charge in [0.2, 0.25) is 0 Å². The van der Waals surface area contributed by atoms with E-state index in [1.807, 2.05) is 6.07 Å². The van der Waals surface area contributed by atoms with E-state index in [-0.39, 0.29) is 17.2 Å².